The van der Waals surface area contributed by atoms with E-state index < -0.39 is 6.03 Å². The van der Waals surface area contributed by atoms with Gasteiger partial charge < -0.3 is 20.3 Å². The van der Waals surface area contributed by atoms with Crippen molar-refractivity contribution in [3.05, 3.63) is 47.8 Å². The van der Waals surface area contributed by atoms with Gasteiger partial charge in [0.25, 0.3) is 11.8 Å². The maximum atomic E-state index is 12.7. The summed E-state index contributed by atoms with van der Waals surface area (Å²) in [6.07, 6.45) is 1.60. The monoisotopic (exact) mass is 395 g/mol. The Labute approximate surface area is 167 Å². The lowest BCUT2D eigenvalue weighted by molar-refractivity contribution is -0.115. The first-order valence-corrected chi connectivity index (χ1v) is 9.34. The number of morpholine rings is 1. The van der Waals surface area contributed by atoms with E-state index in [-0.39, 0.29) is 24.1 Å². The number of hydrogen-bond donors (Lipinski definition) is 2. The summed E-state index contributed by atoms with van der Waals surface area (Å²) < 4.78 is 5.36. The van der Waals surface area contributed by atoms with Crippen LogP contribution in [0.5, 0.6) is 0 Å². The number of nitrogens with one attached hydrogen (secondary N) is 2. The maximum absolute atomic E-state index is 12.7. The molecule has 1 aromatic carbocycles. The molecule has 2 N–H and O–H groups in total. The molecule has 0 spiro atoms. The fraction of sp³-hybridized carbons (Fsp3) is 0.300. The topological polar surface area (TPSA) is 104 Å². The van der Waals surface area contributed by atoms with Gasteiger partial charge >= 0.3 is 6.03 Å². The molecule has 0 saturated carbocycles. The molecule has 9 heteroatoms. The SMILES string of the molecule is Cc1ccc(NC(=O)c2cc(N3CCOCC3)ccn2)cc1N1C(=O)CNC1=O. The summed E-state index contributed by atoms with van der Waals surface area (Å²) in [5.41, 5.74) is 2.86. The van der Waals surface area contributed by atoms with Gasteiger partial charge in [-0.25, -0.2) is 9.69 Å². The Morgan fingerprint density at radius 1 is 1.17 bits per heavy atom. The standard InChI is InChI=1S/C20H21N5O4/c1-13-2-3-14(10-17(13)25-18(26)12-22-20(25)28)23-19(27)16-11-15(4-5-21-16)24-6-8-29-9-7-24/h2-5,10-11H,6-9,12H2,1H3,(H,22,28)(H,23,27). The smallest absolute Gasteiger partial charge is 0.329 e. The molecule has 4 rings (SSSR count). The number of imide groups is 1. The second-order valence-electron chi connectivity index (χ2n) is 6.84. The Balaban J connectivity index is 1.54. The van der Waals surface area contributed by atoms with Gasteiger partial charge in [0, 0.05) is 30.7 Å². The van der Waals surface area contributed by atoms with Crippen LogP contribution in [-0.2, 0) is 9.53 Å². The molecular weight excluding hydrogens is 374 g/mol. The van der Waals surface area contributed by atoms with Gasteiger partial charge in [-0.3, -0.25) is 14.6 Å². The molecule has 2 fully saturated rings. The highest BCUT2D eigenvalue weighted by Crippen LogP contribution is 2.26. The Bertz CT molecular complexity index is 955. The third-order valence-corrected chi connectivity index (χ3v) is 4.90. The van der Waals surface area contributed by atoms with Crippen molar-refractivity contribution in [3.8, 4) is 0 Å². The summed E-state index contributed by atoms with van der Waals surface area (Å²) in [7, 11) is 0. The van der Waals surface area contributed by atoms with Crippen molar-refractivity contribution in [1.82, 2.24) is 10.3 Å². The van der Waals surface area contributed by atoms with Gasteiger partial charge in [-0.05, 0) is 36.8 Å². The molecule has 2 aliphatic heterocycles. The van der Waals surface area contributed by atoms with Crippen molar-refractivity contribution in [2.75, 3.05) is 48.0 Å². The number of aromatic nitrogens is 1. The van der Waals surface area contributed by atoms with Crippen molar-refractivity contribution < 1.29 is 19.1 Å². The van der Waals surface area contributed by atoms with Gasteiger partial charge in [0.1, 0.15) is 5.69 Å². The second kappa shape index (κ2) is 7.88. The number of nitrogens with zero attached hydrogens (tertiary/aromatic N) is 3. The number of benzene rings is 1. The van der Waals surface area contributed by atoms with Crippen LogP contribution in [0.25, 0.3) is 0 Å². The fourth-order valence-corrected chi connectivity index (χ4v) is 3.35. The van der Waals surface area contributed by atoms with Crippen molar-refractivity contribution in [2.24, 2.45) is 0 Å². The number of pyridine rings is 1. The summed E-state index contributed by atoms with van der Waals surface area (Å²) in [4.78, 5) is 44.1. The Kier molecular flexibility index (Phi) is 5.13. The zero-order valence-electron chi connectivity index (χ0n) is 16.0. The normalized spacial score (nSPS) is 16.7. The number of anilines is 3. The molecule has 2 saturated heterocycles. The quantitative estimate of drug-likeness (QED) is 0.761. The molecule has 0 unspecified atom stereocenters. The average Bonchev–Trinajstić information content (AvgIpc) is 3.08. The highest BCUT2D eigenvalue weighted by atomic mass is 16.5. The average molecular weight is 395 g/mol. The second-order valence-corrected chi connectivity index (χ2v) is 6.84. The molecule has 0 atom stereocenters. The number of ether oxygens (including phenoxy) is 1. The van der Waals surface area contributed by atoms with Gasteiger partial charge in [0.15, 0.2) is 0 Å². The minimum Gasteiger partial charge on any atom is -0.378 e. The van der Waals surface area contributed by atoms with Gasteiger partial charge in [-0.2, -0.15) is 0 Å². The van der Waals surface area contributed by atoms with E-state index in [0.29, 0.717) is 24.6 Å². The largest absolute Gasteiger partial charge is 0.378 e. The van der Waals surface area contributed by atoms with E-state index in [2.05, 4.69) is 20.5 Å². The zero-order chi connectivity index (χ0) is 20.4. The molecule has 0 radical (unpaired) electrons. The lowest BCUT2D eigenvalue weighted by Gasteiger charge is -2.28. The van der Waals surface area contributed by atoms with Gasteiger partial charge in [-0.15, -0.1) is 0 Å². The van der Waals surface area contributed by atoms with E-state index in [4.69, 9.17) is 4.74 Å². The number of aryl methyl sites for hydroxylation is 1. The van der Waals surface area contributed by atoms with Crippen molar-refractivity contribution >= 4 is 34.9 Å². The number of urea groups is 1. The van der Waals surface area contributed by atoms with Crippen LogP contribution >= 0.6 is 0 Å². The van der Waals surface area contributed by atoms with Crippen LogP contribution in [0.1, 0.15) is 16.1 Å². The minimum atomic E-state index is -0.471. The van der Waals surface area contributed by atoms with Gasteiger partial charge in [-0.1, -0.05) is 6.07 Å². The summed E-state index contributed by atoms with van der Waals surface area (Å²) in [5, 5.41) is 5.29. The molecule has 9 nitrogen and oxygen atoms in total. The maximum Gasteiger partial charge on any atom is 0.329 e. The third-order valence-electron chi connectivity index (χ3n) is 4.90. The first kappa shape index (κ1) is 18.9. The molecule has 2 aliphatic rings. The first-order valence-electron chi connectivity index (χ1n) is 9.34. The summed E-state index contributed by atoms with van der Waals surface area (Å²) in [6, 6.07) is 8.22. The van der Waals surface area contributed by atoms with Crippen molar-refractivity contribution in [2.45, 2.75) is 6.92 Å². The van der Waals surface area contributed by atoms with Crippen LogP contribution in [0, 0.1) is 6.92 Å². The van der Waals surface area contributed by atoms with Crippen LogP contribution in [0.3, 0.4) is 0 Å². The molecule has 0 bridgehead atoms. The van der Waals surface area contributed by atoms with E-state index in [9.17, 15) is 14.4 Å². The van der Waals surface area contributed by atoms with Crippen molar-refractivity contribution in [3.63, 3.8) is 0 Å². The van der Waals surface area contributed by atoms with E-state index in [1.807, 2.05) is 6.07 Å². The summed E-state index contributed by atoms with van der Waals surface area (Å²) in [6.45, 7) is 4.59. The molecular formula is C20H21N5O4. The van der Waals surface area contributed by atoms with Crippen molar-refractivity contribution in [1.29, 1.82) is 0 Å². The summed E-state index contributed by atoms with van der Waals surface area (Å²) in [5.74, 6) is -0.700. The predicted octanol–water partition coefficient (Wildman–Crippen LogP) is 1.54. The van der Waals surface area contributed by atoms with Crippen LogP contribution in [0.4, 0.5) is 21.9 Å². The number of amides is 4. The van der Waals surface area contributed by atoms with E-state index in [1.165, 1.54) is 0 Å². The predicted molar refractivity (Wildman–Crippen MR) is 107 cm³/mol. The third kappa shape index (κ3) is 3.90. The lowest BCUT2D eigenvalue weighted by Crippen LogP contribution is -2.36. The highest BCUT2D eigenvalue weighted by molar-refractivity contribution is 6.20. The fourth-order valence-electron chi connectivity index (χ4n) is 3.35. The lowest BCUT2D eigenvalue weighted by atomic mass is 10.1. The van der Waals surface area contributed by atoms with E-state index >= 15 is 0 Å². The van der Waals surface area contributed by atoms with Crippen LogP contribution in [-0.4, -0.2) is 55.7 Å². The molecule has 4 amide bonds. The molecule has 0 aliphatic carbocycles. The first-order chi connectivity index (χ1) is 14.0. The minimum absolute atomic E-state index is 0.0346. The van der Waals surface area contributed by atoms with Crippen LogP contribution in [0.15, 0.2) is 36.5 Å². The Hall–Kier alpha value is -3.46. The number of rotatable bonds is 4. The van der Waals surface area contributed by atoms with Crippen LogP contribution < -0.4 is 20.4 Å². The molecule has 29 heavy (non-hydrogen) atoms. The van der Waals surface area contributed by atoms with Gasteiger partial charge in [0.2, 0.25) is 0 Å². The van der Waals surface area contributed by atoms with Crippen LogP contribution in [0.2, 0.25) is 0 Å². The summed E-state index contributed by atoms with van der Waals surface area (Å²) >= 11 is 0. The Morgan fingerprint density at radius 3 is 2.69 bits per heavy atom. The molecule has 150 valence electrons. The van der Waals surface area contributed by atoms with E-state index in [1.54, 1.807) is 37.4 Å². The number of carbonyl (C=O) groups is 3. The molecule has 2 aromatic rings. The van der Waals surface area contributed by atoms with Gasteiger partial charge in [0.05, 0.1) is 25.4 Å². The molecule has 3 heterocycles. The molecule has 1 aromatic heterocycles. The number of hydrogen-bond acceptors (Lipinski definition) is 6. The number of carbonyl (C=O) groups excluding carboxylic acids is 3. The van der Waals surface area contributed by atoms with E-state index in [0.717, 1.165) is 29.2 Å². The highest BCUT2D eigenvalue weighted by Gasteiger charge is 2.31. The zero-order valence-corrected chi connectivity index (χ0v) is 16.0. The Morgan fingerprint density at radius 2 is 1.97 bits per heavy atom.